The highest BCUT2D eigenvalue weighted by molar-refractivity contribution is 5.92. The Bertz CT molecular complexity index is 1700. The lowest BCUT2D eigenvalue weighted by Crippen LogP contribution is -2.48. The van der Waals surface area contributed by atoms with Crippen LogP contribution in [0.4, 0.5) is 58.8 Å². The maximum Gasteiger partial charge on any atom is 0.453 e. The number of rotatable bonds is 5. The average molecular weight is 728 g/mol. The number of likely N-dealkylation sites (tertiary alicyclic amines) is 1. The van der Waals surface area contributed by atoms with Crippen LogP contribution in [0.2, 0.25) is 0 Å². The molecule has 9 nitrogen and oxygen atoms in total. The van der Waals surface area contributed by atoms with Gasteiger partial charge in [0, 0.05) is 50.8 Å². The summed E-state index contributed by atoms with van der Waals surface area (Å²) in [5.74, 6) is -5.39. The van der Waals surface area contributed by atoms with Crippen LogP contribution in [0.3, 0.4) is 0 Å². The number of likely N-dealkylation sites (N-methyl/N-ethyl adjacent to an activating group) is 1. The van der Waals surface area contributed by atoms with E-state index in [-0.39, 0.29) is 50.4 Å². The van der Waals surface area contributed by atoms with Crippen molar-refractivity contribution in [1.29, 1.82) is 0 Å². The lowest BCUT2D eigenvalue weighted by molar-refractivity contribution is -0.149. The zero-order valence-electron chi connectivity index (χ0n) is 26.1. The van der Waals surface area contributed by atoms with Gasteiger partial charge in [-0.2, -0.15) is 39.5 Å². The SMILES string of the molecule is CN(C(=O)N(C)[C@@H]1CN(C(=O)[C@H]2CC[C@H](n3nnnc3C(F)(F)F)CC2)C[C@H]1c1ccc(F)cc1F)c1cc(C(F)(F)F)cc(C(F)(F)F)c1. The summed E-state index contributed by atoms with van der Waals surface area (Å²) < 4.78 is 151. The third-order valence-corrected chi connectivity index (χ3v) is 9.15. The highest BCUT2D eigenvalue weighted by Crippen LogP contribution is 2.41. The van der Waals surface area contributed by atoms with Gasteiger partial charge in [-0.3, -0.25) is 9.69 Å². The zero-order chi connectivity index (χ0) is 36.9. The first-order chi connectivity index (χ1) is 23.2. The lowest BCUT2D eigenvalue weighted by atomic mass is 9.85. The predicted octanol–water partition coefficient (Wildman–Crippen LogP) is 6.92. The van der Waals surface area contributed by atoms with Crippen molar-refractivity contribution in [3.63, 3.8) is 0 Å². The molecule has 2 aliphatic rings. The molecule has 3 aromatic rings. The second-order valence-corrected chi connectivity index (χ2v) is 12.2. The molecule has 2 aromatic carbocycles. The van der Waals surface area contributed by atoms with E-state index in [1.807, 2.05) is 0 Å². The number of halogens is 11. The second kappa shape index (κ2) is 13.3. The number of urea groups is 1. The van der Waals surface area contributed by atoms with Crippen molar-refractivity contribution in [3.05, 3.63) is 70.5 Å². The Morgan fingerprint density at radius 1 is 0.800 bits per heavy atom. The Balaban J connectivity index is 1.38. The molecular formula is C30H28F11N7O2. The van der Waals surface area contributed by atoms with Crippen molar-refractivity contribution < 1.29 is 57.9 Å². The van der Waals surface area contributed by atoms with Crippen LogP contribution < -0.4 is 4.90 Å². The summed E-state index contributed by atoms with van der Waals surface area (Å²) in [5, 5.41) is 9.60. The van der Waals surface area contributed by atoms with E-state index in [0.717, 1.165) is 24.1 Å². The van der Waals surface area contributed by atoms with Crippen LogP contribution in [0.25, 0.3) is 0 Å². The van der Waals surface area contributed by atoms with Crippen molar-refractivity contribution in [2.75, 3.05) is 32.1 Å². The van der Waals surface area contributed by atoms with Gasteiger partial charge in [-0.1, -0.05) is 6.07 Å². The fraction of sp³-hybridized carbons (Fsp3) is 0.500. The smallest absolute Gasteiger partial charge is 0.340 e. The van der Waals surface area contributed by atoms with Crippen LogP contribution in [-0.2, 0) is 23.3 Å². The largest absolute Gasteiger partial charge is 0.453 e. The van der Waals surface area contributed by atoms with Gasteiger partial charge in [0.2, 0.25) is 5.91 Å². The summed E-state index contributed by atoms with van der Waals surface area (Å²) >= 11 is 0. The van der Waals surface area contributed by atoms with Gasteiger partial charge < -0.3 is 9.80 Å². The van der Waals surface area contributed by atoms with Crippen molar-refractivity contribution in [1.82, 2.24) is 30.0 Å². The van der Waals surface area contributed by atoms with E-state index in [0.29, 0.717) is 27.8 Å². The van der Waals surface area contributed by atoms with Gasteiger partial charge in [0.25, 0.3) is 5.82 Å². The molecule has 0 bridgehead atoms. The molecule has 1 saturated heterocycles. The number of nitrogens with zero attached hydrogens (tertiary/aromatic N) is 7. The van der Waals surface area contributed by atoms with E-state index < -0.39 is 88.7 Å². The number of benzene rings is 2. The Hall–Kier alpha value is -4.52. The van der Waals surface area contributed by atoms with Crippen LogP contribution in [0.15, 0.2) is 36.4 Å². The van der Waals surface area contributed by atoms with Crippen LogP contribution in [0.5, 0.6) is 0 Å². The number of hydrogen-bond donors (Lipinski definition) is 0. The molecule has 0 unspecified atom stereocenters. The number of tetrazole rings is 1. The number of amides is 3. The number of alkyl halides is 9. The first-order valence-corrected chi connectivity index (χ1v) is 15.1. The van der Waals surface area contributed by atoms with Gasteiger partial charge in [-0.05, 0) is 65.9 Å². The molecule has 0 radical (unpaired) electrons. The van der Waals surface area contributed by atoms with Crippen LogP contribution in [-0.4, -0.2) is 75.2 Å². The third-order valence-electron chi connectivity index (χ3n) is 9.15. The van der Waals surface area contributed by atoms with Crippen molar-refractivity contribution >= 4 is 17.6 Å². The minimum Gasteiger partial charge on any atom is -0.340 e. The van der Waals surface area contributed by atoms with Crippen molar-refractivity contribution in [2.45, 2.75) is 62.2 Å². The fourth-order valence-corrected chi connectivity index (χ4v) is 6.54. The average Bonchev–Trinajstić information content (AvgIpc) is 3.71. The molecule has 0 spiro atoms. The van der Waals surface area contributed by atoms with Crippen molar-refractivity contribution in [2.24, 2.45) is 5.92 Å². The second-order valence-electron chi connectivity index (χ2n) is 12.2. The summed E-state index contributed by atoms with van der Waals surface area (Å²) in [6.07, 6.45) is -14.7. The van der Waals surface area contributed by atoms with Crippen molar-refractivity contribution in [3.8, 4) is 0 Å². The quantitative estimate of drug-likeness (QED) is 0.267. The van der Waals surface area contributed by atoms with Crippen LogP contribution in [0, 0.1) is 17.6 Å². The molecule has 1 saturated carbocycles. The monoisotopic (exact) mass is 727 g/mol. The number of carbonyl (C=O) groups excluding carboxylic acids is 2. The number of anilines is 1. The maximum absolute atomic E-state index is 15.1. The Morgan fingerprint density at radius 3 is 1.94 bits per heavy atom. The van der Waals surface area contributed by atoms with E-state index in [4.69, 9.17) is 0 Å². The Morgan fingerprint density at radius 2 is 1.40 bits per heavy atom. The highest BCUT2D eigenvalue weighted by Gasteiger charge is 2.45. The first kappa shape index (κ1) is 36.8. The van der Waals surface area contributed by atoms with E-state index in [9.17, 15) is 53.5 Å². The molecule has 2 atom stereocenters. The summed E-state index contributed by atoms with van der Waals surface area (Å²) in [5.41, 5.74) is -4.15. The summed E-state index contributed by atoms with van der Waals surface area (Å²) in [6.45, 7) is -0.460. The van der Waals surface area contributed by atoms with E-state index in [2.05, 4.69) is 15.5 Å². The predicted molar refractivity (Wildman–Crippen MR) is 151 cm³/mol. The van der Waals surface area contributed by atoms with Crippen LogP contribution in [0.1, 0.15) is 60.2 Å². The molecule has 2 fully saturated rings. The van der Waals surface area contributed by atoms with Crippen LogP contribution >= 0.6 is 0 Å². The molecular weight excluding hydrogens is 699 g/mol. The molecule has 3 amide bonds. The summed E-state index contributed by atoms with van der Waals surface area (Å²) in [4.78, 5) is 30.2. The molecule has 50 heavy (non-hydrogen) atoms. The molecule has 20 heteroatoms. The van der Waals surface area contributed by atoms with Gasteiger partial charge in [0.05, 0.1) is 23.2 Å². The number of carbonyl (C=O) groups is 2. The minimum atomic E-state index is -5.19. The number of aromatic nitrogens is 4. The summed E-state index contributed by atoms with van der Waals surface area (Å²) in [6, 6.07) is 0.359. The third kappa shape index (κ3) is 7.47. The normalized spacial score (nSPS) is 21.7. The Kier molecular flexibility index (Phi) is 9.78. The lowest BCUT2D eigenvalue weighted by Gasteiger charge is -2.33. The van der Waals surface area contributed by atoms with Gasteiger partial charge >= 0.3 is 24.6 Å². The van der Waals surface area contributed by atoms with Gasteiger partial charge in [0.1, 0.15) is 11.6 Å². The van der Waals surface area contributed by atoms with Gasteiger partial charge in [-0.15, -0.1) is 5.10 Å². The molecule has 2 heterocycles. The number of hydrogen-bond acceptors (Lipinski definition) is 5. The zero-order valence-corrected chi connectivity index (χ0v) is 26.1. The molecule has 0 N–H and O–H groups in total. The van der Waals surface area contributed by atoms with E-state index in [1.54, 1.807) is 0 Å². The standard InChI is InChI=1S/C30H28F11N7O2/c1-45(20-10-16(28(33,34)35)9-17(11-20)29(36,37)38)27(50)46(2)24-14-47(13-22(24)21-8-5-18(31)12-23(21)32)25(49)15-3-6-19(7-4-15)48-26(30(39,40)41)42-43-44-48/h5,8-12,15,19,22,24H,3-4,6-7,13-14H2,1-2H3/t15-,19-,22-,24+/m0/s1. The molecule has 1 aromatic heterocycles. The summed E-state index contributed by atoms with van der Waals surface area (Å²) in [7, 11) is 2.13. The molecule has 1 aliphatic carbocycles. The highest BCUT2D eigenvalue weighted by atomic mass is 19.4. The van der Waals surface area contributed by atoms with E-state index >= 15 is 4.39 Å². The van der Waals surface area contributed by atoms with Gasteiger partial charge in [0.15, 0.2) is 0 Å². The van der Waals surface area contributed by atoms with E-state index in [1.165, 1.54) is 11.9 Å². The first-order valence-electron chi connectivity index (χ1n) is 15.1. The maximum atomic E-state index is 15.1. The molecule has 1 aliphatic heterocycles. The molecule has 272 valence electrons. The Labute approximate surface area is 276 Å². The minimum absolute atomic E-state index is 0.0924. The fourth-order valence-electron chi connectivity index (χ4n) is 6.54. The van der Waals surface area contributed by atoms with Gasteiger partial charge in [-0.25, -0.2) is 18.3 Å². The topological polar surface area (TPSA) is 87.5 Å². The molecule has 5 rings (SSSR count).